The smallest absolute Gasteiger partial charge is 0.0941 e. The molecule has 0 N–H and O–H groups in total. The minimum atomic E-state index is -0.164. The lowest BCUT2D eigenvalue weighted by Gasteiger charge is -2.66. The number of nitrogens with zero attached hydrogens (tertiary/aromatic N) is 1. The standard InChI is InChI=1S/C35H53N/c1-11-15-35-17-13-26-30(27(35)22-31(5,6)18-19-35)25(4)20-29-33(26,9)16-14-28(32(7,8)12-2)34(29,10)21-24(3)23-36/h12,20-21,26-28,30H,2,4,11,13-19,22H2,1,3,5-10H3/b24-21+. The molecule has 0 aromatic carbocycles. The molecule has 0 heterocycles. The first-order valence-electron chi connectivity index (χ1n) is 14.8. The van der Waals surface area contributed by atoms with Crippen molar-refractivity contribution in [2.75, 3.05) is 0 Å². The first kappa shape index (κ1) is 27.5. The monoisotopic (exact) mass is 487 g/mol. The molecule has 7 unspecified atom stereocenters. The van der Waals surface area contributed by atoms with E-state index in [1.165, 1.54) is 63.4 Å². The fourth-order valence-electron chi connectivity index (χ4n) is 10.2. The third kappa shape index (κ3) is 4.10. The molecule has 0 aromatic heterocycles. The van der Waals surface area contributed by atoms with Gasteiger partial charge in [-0.2, -0.15) is 5.26 Å². The molecule has 3 saturated carbocycles. The summed E-state index contributed by atoms with van der Waals surface area (Å²) >= 11 is 0. The summed E-state index contributed by atoms with van der Waals surface area (Å²) in [6, 6.07) is 2.45. The van der Waals surface area contributed by atoms with Gasteiger partial charge in [-0.1, -0.05) is 90.8 Å². The van der Waals surface area contributed by atoms with Crippen LogP contribution in [0.2, 0.25) is 0 Å². The zero-order valence-electron chi connectivity index (χ0n) is 24.8. The molecule has 3 fully saturated rings. The van der Waals surface area contributed by atoms with E-state index in [-0.39, 0.29) is 16.2 Å². The molecule has 0 saturated heterocycles. The Kier molecular flexibility index (Phi) is 6.90. The van der Waals surface area contributed by atoms with E-state index >= 15 is 0 Å². The van der Waals surface area contributed by atoms with Crippen LogP contribution in [-0.2, 0) is 0 Å². The van der Waals surface area contributed by atoms with Crippen molar-refractivity contribution in [3.8, 4) is 6.07 Å². The van der Waals surface area contributed by atoms with E-state index in [0.717, 1.165) is 11.5 Å². The SMILES string of the molecule is C=CC(C)(C)C1CCC2(C)C(=CC(=C)C3C4CC(C)(C)CCC4(CCC)CCC32)C1(C)/C=C(\C)C#N. The lowest BCUT2D eigenvalue weighted by atomic mass is 9.38. The number of fused-ring (bicyclic) bond motifs is 5. The van der Waals surface area contributed by atoms with Gasteiger partial charge in [0.05, 0.1) is 6.07 Å². The molecule has 36 heavy (non-hydrogen) atoms. The van der Waals surface area contributed by atoms with Crippen LogP contribution >= 0.6 is 0 Å². The van der Waals surface area contributed by atoms with Crippen LogP contribution in [-0.4, -0.2) is 0 Å². The highest BCUT2D eigenvalue weighted by Gasteiger charge is 2.62. The van der Waals surface area contributed by atoms with Gasteiger partial charge in [0, 0.05) is 11.0 Å². The zero-order valence-corrected chi connectivity index (χ0v) is 24.8. The first-order chi connectivity index (χ1) is 16.7. The van der Waals surface area contributed by atoms with E-state index in [1.807, 2.05) is 6.92 Å². The summed E-state index contributed by atoms with van der Waals surface area (Å²) in [6.07, 6.45) is 19.0. The van der Waals surface area contributed by atoms with E-state index in [1.54, 1.807) is 5.57 Å². The Bertz CT molecular complexity index is 1010. The molecule has 4 aliphatic carbocycles. The number of hydrogen-bond acceptors (Lipinski definition) is 1. The first-order valence-corrected chi connectivity index (χ1v) is 14.8. The Morgan fingerprint density at radius 3 is 2.42 bits per heavy atom. The highest BCUT2D eigenvalue weighted by molar-refractivity contribution is 5.45. The normalized spacial score (nSPS) is 42.4. The van der Waals surface area contributed by atoms with Gasteiger partial charge >= 0.3 is 0 Å². The minimum absolute atomic E-state index is 0.00240. The van der Waals surface area contributed by atoms with Gasteiger partial charge < -0.3 is 0 Å². The third-order valence-corrected chi connectivity index (χ3v) is 12.0. The molecule has 198 valence electrons. The Hall–Kier alpha value is -1.55. The number of rotatable bonds is 5. The summed E-state index contributed by atoms with van der Waals surface area (Å²) in [5.41, 5.74) is 4.72. The predicted molar refractivity (Wildman–Crippen MR) is 154 cm³/mol. The molecular formula is C35H53N. The average Bonchev–Trinajstić information content (AvgIpc) is 2.80. The maximum absolute atomic E-state index is 9.81. The summed E-state index contributed by atoms with van der Waals surface area (Å²) in [5.74, 6) is 2.45. The summed E-state index contributed by atoms with van der Waals surface area (Å²) in [4.78, 5) is 0. The van der Waals surface area contributed by atoms with Crippen LogP contribution in [0.1, 0.15) is 113 Å². The van der Waals surface area contributed by atoms with E-state index in [2.05, 4.69) is 79.3 Å². The fraction of sp³-hybridized carbons (Fsp3) is 0.743. The Morgan fingerprint density at radius 1 is 1.11 bits per heavy atom. The van der Waals surface area contributed by atoms with Crippen LogP contribution in [0.5, 0.6) is 0 Å². The van der Waals surface area contributed by atoms with Crippen molar-refractivity contribution in [3.63, 3.8) is 0 Å². The number of allylic oxidation sites excluding steroid dienone is 6. The van der Waals surface area contributed by atoms with Crippen LogP contribution in [0.15, 0.2) is 48.1 Å². The zero-order chi connectivity index (χ0) is 26.7. The van der Waals surface area contributed by atoms with Crippen molar-refractivity contribution >= 4 is 0 Å². The van der Waals surface area contributed by atoms with Crippen molar-refractivity contribution in [2.24, 2.45) is 50.7 Å². The predicted octanol–water partition coefficient (Wildman–Crippen LogP) is 10.2. The lowest BCUT2D eigenvalue weighted by molar-refractivity contribution is -0.0978. The fourth-order valence-corrected chi connectivity index (χ4v) is 10.2. The van der Waals surface area contributed by atoms with Crippen LogP contribution in [0.3, 0.4) is 0 Å². The van der Waals surface area contributed by atoms with E-state index in [4.69, 9.17) is 6.58 Å². The van der Waals surface area contributed by atoms with Gasteiger partial charge in [-0.25, -0.2) is 0 Å². The highest BCUT2D eigenvalue weighted by Crippen LogP contribution is 2.71. The number of nitriles is 1. The van der Waals surface area contributed by atoms with Crippen molar-refractivity contribution < 1.29 is 0 Å². The topological polar surface area (TPSA) is 23.8 Å². The maximum Gasteiger partial charge on any atom is 0.0941 e. The quantitative estimate of drug-likeness (QED) is 0.279. The van der Waals surface area contributed by atoms with Crippen molar-refractivity contribution in [2.45, 2.75) is 113 Å². The van der Waals surface area contributed by atoms with E-state index in [9.17, 15) is 5.26 Å². The molecule has 4 rings (SSSR count). The van der Waals surface area contributed by atoms with Crippen LogP contribution in [0.4, 0.5) is 0 Å². The van der Waals surface area contributed by atoms with Crippen LogP contribution in [0.25, 0.3) is 0 Å². The molecule has 4 aliphatic rings. The molecule has 1 heteroatoms. The molecule has 0 spiro atoms. The van der Waals surface area contributed by atoms with Crippen LogP contribution in [0, 0.1) is 62.1 Å². The van der Waals surface area contributed by atoms with Gasteiger partial charge in [-0.15, -0.1) is 6.58 Å². The second-order valence-electron chi connectivity index (χ2n) is 15.1. The number of hydrogen-bond donors (Lipinski definition) is 0. The second-order valence-corrected chi connectivity index (χ2v) is 15.1. The molecule has 0 aromatic rings. The largest absolute Gasteiger partial charge is 0.193 e. The van der Waals surface area contributed by atoms with E-state index < -0.39 is 0 Å². The van der Waals surface area contributed by atoms with Gasteiger partial charge in [0.1, 0.15) is 0 Å². The molecule has 0 aliphatic heterocycles. The molecular weight excluding hydrogens is 434 g/mol. The Morgan fingerprint density at radius 2 is 1.81 bits per heavy atom. The van der Waals surface area contributed by atoms with E-state index in [0.29, 0.717) is 28.6 Å². The summed E-state index contributed by atoms with van der Waals surface area (Å²) in [6.45, 7) is 28.2. The average molecular weight is 488 g/mol. The van der Waals surface area contributed by atoms with Crippen LogP contribution < -0.4 is 0 Å². The lowest BCUT2D eigenvalue weighted by Crippen LogP contribution is -2.57. The van der Waals surface area contributed by atoms with Crippen molar-refractivity contribution in [1.29, 1.82) is 5.26 Å². The third-order valence-electron chi connectivity index (χ3n) is 12.0. The summed E-state index contributed by atoms with van der Waals surface area (Å²) in [5, 5.41) is 9.81. The Balaban J connectivity index is 1.87. The van der Waals surface area contributed by atoms with Crippen molar-refractivity contribution in [3.05, 3.63) is 48.1 Å². The molecule has 0 radical (unpaired) electrons. The molecule has 0 bridgehead atoms. The molecule has 1 nitrogen and oxygen atoms in total. The van der Waals surface area contributed by atoms with Gasteiger partial charge in [0.15, 0.2) is 0 Å². The molecule has 0 amide bonds. The van der Waals surface area contributed by atoms with Gasteiger partial charge in [-0.3, -0.25) is 0 Å². The van der Waals surface area contributed by atoms with Gasteiger partial charge in [0.25, 0.3) is 0 Å². The highest BCUT2D eigenvalue weighted by atomic mass is 14.7. The summed E-state index contributed by atoms with van der Waals surface area (Å²) < 4.78 is 0. The minimum Gasteiger partial charge on any atom is -0.193 e. The second kappa shape index (κ2) is 9.03. The molecule has 7 atom stereocenters. The Labute approximate surface area is 223 Å². The van der Waals surface area contributed by atoms with Crippen molar-refractivity contribution in [1.82, 2.24) is 0 Å². The summed E-state index contributed by atoms with van der Waals surface area (Å²) in [7, 11) is 0. The maximum atomic E-state index is 9.81. The van der Waals surface area contributed by atoms with Gasteiger partial charge in [0.2, 0.25) is 0 Å². The van der Waals surface area contributed by atoms with Gasteiger partial charge in [-0.05, 0) is 104 Å².